The molecule has 1 aliphatic heterocycles. The Hall–Kier alpha value is -2.01. The van der Waals surface area contributed by atoms with Crippen molar-refractivity contribution in [1.29, 1.82) is 0 Å². The first kappa shape index (κ1) is 12.0. The third kappa shape index (κ3) is 2.88. The van der Waals surface area contributed by atoms with Crippen molar-refractivity contribution in [2.45, 2.75) is 0 Å². The molecule has 5 heteroatoms. The Morgan fingerprint density at radius 2 is 1.79 bits per heavy atom. The Morgan fingerprint density at radius 3 is 2.53 bits per heavy atom. The maximum absolute atomic E-state index is 4.36. The molecule has 0 bridgehead atoms. The lowest BCUT2D eigenvalue weighted by Gasteiger charge is -2.32. The van der Waals surface area contributed by atoms with Crippen molar-refractivity contribution >= 4 is 11.4 Å². The van der Waals surface area contributed by atoms with Gasteiger partial charge in [-0.15, -0.1) is 0 Å². The van der Waals surface area contributed by atoms with Crippen LogP contribution in [0, 0.1) is 0 Å². The van der Waals surface area contributed by atoms with Crippen molar-refractivity contribution < 1.29 is 0 Å². The van der Waals surface area contributed by atoms with Gasteiger partial charge in [-0.1, -0.05) is 18.2 Å². The smallest absolute Gasteiger partial charge is 0.0776 e. The highest BCUT2D eigenvalue weighted by molar-refractivity contribution is 5.46. The molecule has 0 atom stereocenters. The van der Waals surface area contributed by atoms with Gasteiger partial charge in [-0.2, -0.15) is 9.89 Å². The van der Waals surface area contributed by atoms with E-state index in [1.54, 1.807) is 4.79 Å². The van der Waals surface area contributed by atoms with Crippen LogP contribution in [0.15, 0.2) is 42.7 Å². The average molecular weight is 257 g/mol. The molecule has 1 saturated heterocycles. The Labute approximate surface area is 113 Å². The van der Waals surface area contributed by atoms with Gasteiger partial charge in [0.25, 0.3) is 0 Å². The summed E-state index contributed by atoms with van der Waals surface area (Å²) in [7, 11) is 2.16. The fourth-order valence-corrected chi connectivity index (χ4v) is 2.25. The van der Waals surface area contributed by atoms with Crippen LogP contribution in [0.4, 0.5) is 11.4 Å². The van der Waals surface area contributed by atoms with Crippen LogP contribution in [-0.2, 0) is 0 Å². The van der Waals surface area contributed by atoms with E-state index in [2.05, 4.69) is 27.4 Å². The van der Waals surface area contributed by atoms with Crippen LogP contribution in [-0.4, -0.2) is 48.0 Å². The highest BCUT2D eigenvalue weighted by atomic mass is 15.6. The number of nitrogens with one attached hydrogen (secondary N) is 1. The summed E-state index contributed by atoms with van der Waals surface area (Å²) in [6.45, 7) is 4.34. The molecule has 0 aliphatic carbocycles. The van der Waals surface area contributed by atoms with E-state index >= 15 is 0 Å². The van der Waals surface area contributed by atoms with E-state index in [0.717, 1.165) is 31.9 Å². The Morgan fingerprint density at radius 1 is 1.05 bits per heavy atom. The van der Waals surface area contributed by atoms with Crippen LogP contribution in [0.3, 0.4) is 0 Å². The van der Waals surface area contributed by atoms with Gasteiger partial charge in [0.1, 0.15) is 0 Å². The van der Waals surface area contributed by atoms with Gasteiger partial charge < -0.3 is 9.80 Å². The highest BCUT2D eigenvalue weighted by Gasteiger charge is 2.15. The molecule has 0 amide bonds. The van der Waals surface area contributed by atoms with E-state index in [1.165, 1.54) is 5.69 Å². The molecule has 0 saturated carbocycles. The van der Waals surface area contributed by atoms with Crippen molar-refractivity contribution in [2.75, 3.05) is 43.6 Å². The number of hydrogen-bond acceptors (Lipinski definition) is 4. The average Bonchev–Trinajstić information content (AvgIpc) is 2.89. The van der Waals surface area contributed by atoms with Crippen LogP contribution in [0.1, 0.15) is 0 Å². The maximum Gasteiger partial charge on any atom is 0.0776 e. The molecule has 3 rings (SSSR count). The molecule has 100 valence electrons. The standard InChI is InChI=1S/C14H19N5/c1-17-7-9-18(10-8-17)14-11-15-19(12-14)16-13-5-3-2-4-6-13/h2-6,11-12,16H,7-10H2,1H3. The van der Waals surface area contributed by atoms with Gasteiger partial charge in [-0.05, 0) is 19.2 Å². The Bertz CT molecular complexity index is 514. The molecule has 1 aromatic carbocycles. The lowest BCUT2D eigenvalue weighted by atomic mass is 10.3. The summed E-state index contributed by atoms with van der Waals surface area (Å²) in [5.41, 5.74) is 5.46. The van der Waals surface area contributed by atoms with Gasteiger partial charge in [-0.3, -0.25) is 5.43 Å². The van der Waals surface area contributed by atoms with Gasteiger partial charge >= 0.3 is 0 Å². The number of rotatable bonds is 3. The summed E-state index contributed by atoms with van der Waals surface area (Å²) in [4.78, 5) is 6.49. The third-order valence-electron chi connectivity index (χ3n) is 3.45. The summed E-state index contributed by atoms with van der Waals surface area (Å²) in [5, 5.41) is 4.36. The predicted molar refractivity (Wildman–Crippen MR) is 77.4 cm³/mol. The first-order valence-electron chi connectivity index (χ1n) is 6.61. The number of para-hydroxylation sites is 1. The maximum atomic E-state index is 4.36. The Kier molecular flexibility index (Phi) is 3.37. The number of benzene rings is 1. The van der Waals surface area contributed by atoms with E-state index in [4.69, 9.17) is 0 Å². The second-order valence-corrected chi connectivity index (χ2v) is 4.91. The van der Waals surface area contributed by atoms with Gasteiger partial charge in [-0.25, -0.2) is 0 Å². The van der Waals surface area contributed by atoms with Gasteiger partial charge in [0, 0.05) is 26.2 Å². The monoisotopic (exact) mass is 257 g/mol. The SMILES string of the molecule is CN1CCN(c2cnn(Nc3ccccc3)c2)CC1. The molecule has 2 heterocycles. The highest BCUT2D eigenvalue weighted by Crippen LogP contribution is 2.15. The van der Waals surface area contributed by atoms with E-state index in [1.807, 2.05) is 42.7 Å². The van der Waals surface area contributed by atoms with Crippen molar-refractivity contribution in [1.82, 2.24) is 14.8 Å². The summed E-state index contributed by atoms with van der Waals surface area (Å²) < 4.78 is 0. The second kappa shape index (κ2) is 5.32. The normalized spacial score (nSPS) is 16.6. The van der Waals surface area contributed by atoms with Crippen LogP contribution < -0.4 is 10.3 Å². The number of anilines is 2. The van der Waals surface area contributed by atoms with E-state index in [9.17, 15) is 0 Å². The molecule has 19 heavy (non-hydrogen) atoms. The number of nitrogens with zero attached hydrogens (tertiary/aromatic N) is 4. The minimum atomic E-state index is 1.04. The molecule has 0 spiro atoms. The number of hydrogen-bond donors (Lipinski definition) is 1. The zero-order valence-corrected chi connectivity index (χ0v) is 11.2. The summed E-state index contributed by atoms with van der Waals surface area (Å²) in [6.07, 6.45) is 3.96. The van der Waals surface area contributed by atoms with Crippen LogP contribution in [0.25, 0.3) is 0 Å². The molecular formula is C14H19N5. The molecule has 5 nitrogen and oxygen atoms in total. The summed E-state index contributed by atoms with van der Waals surface area (Å²) in [5.74, 6) is 0. The number of piperazine rings is 1. The fourth-order valence-electron chi connectivity index (χ4n) is 2.25. The second-order valence-electron chi connectivity index (χ2n) is 4.91. The van der Waals surface area contributed by atoms with Crippen LogP contribution >= 0.6 is 0 Å². The molecule has 1 fully saturated rings. The summed E-state index contributed by atoms with van der Waals surface area (Å²) in [6, 6.07) is 10.1. The molecule has 2 aromatic rings. The predicted octanol–water partition coefficient (Wildman–Crippen LogP) is 1.51. The zero-order valence-electron chi connectivity index (χ0n) is 11.2. The van der Waals surface area contributed by atoms with Gasteiger partial charge in [0.15, 0.2) is 0 Å². The number of likely N-dealkylation sites (N-methyl/N-ethyl adjacent to an activating group) is 1. The van der Waals surface area contributed by atoms with Crippen molar-refractivity contribution in [3.8, 4) is 0 Å². The summed E-state index contributed by atoms with van der Waals surface area (Å²) >= 11 is 0. The molecule has 0 unspecified atom stereocenters. The van der Waals surface area contributed by atoms with Crippen LogP contribution in [0.5, 0.6) is 0 Å². The van der Waals surface area contributed by atoms with Gasteiger partial charge in [0.2, 0.25) is 0 Å². The molecule has 0 radical (unpaired) electrons. The first-order chi connectivity index (χ1) is 9.31. The van der Waals surface area contributed by atoms with E-state index in [-0.39, 0.29) is 0 Å². The Balaban J connectivity index is 1.66. The van der Waals surface area contributed by atoms with E-state index in [0.29, 0.717) is 0 Å². The van der Waals surface area contributed by atoms with E-state index < -0.39 is 0 Å². The lowest BCUT2D eigenvalue weighted by molar-refractivity contribution is 0.313. The van der Waals surface area contributed by atoms with Crippen molar-refractivity contribution in [2.24, 2.45) is 0 Å². The first-order valence-corrected chi connectivity index (χ1v) is 6.61. The topological polar surface area (TPSA) is 36.3 Å². The minimum Gasteiger partial charge on any atom is -0.366 e. The van der Waals surface area contributed by atoms with Crippen molar-refractivity contribution in [3.05, 3.63) is 42.7 Å². The largest absolute Gasteiger partial charge is 0.366 e. The lowest BCUT2D eigenvalue weighted by Crippen LogP contribution is -2.44. The third-order valence-corrected chi connectivity index (χ3v) is 3.45. The van der Waals surface area contributed by atoms with Crippen LogP contribution in [0.2, 0.25) is 0 Å². The molecular weight excluding hydrogens is 238 g/mol. The molecule has 1 aliphatic rings. The van der Waals surface area contributed by atoms with Crippen molar-refractivity contribution in [3.63, 3.8) is 0 Å². The minimum absolute atomic E-state index is 1.04. The van der Waals surface area contributed by atoms with Gasteiger partial charge in [0.05, 0.1) is 23.8 Å². The quantitative estimate of drug-likeness (QED) is 0.904. The fraction of sp³-hybridized carbons (Fsp3) is 0.357. The zero-order chi connectivity index (χ0) is 13.1. The molecule has 1 N–H and O–H groups in total. The number of aromatic nitrogens is 2. The molecule has 1 aromatic heterocycles.